The molecule has 1 fully saturated rings. The number of nitrogens with zero attached hydrogens (tertiary/aromatic N) is 2. The van der Waals surface area contributed by atoms with E-state index in [0.717, 1.165) is 6.42 Å². The highest BCUT2D eigenvalue weighted by Gasteiger charge is 2.23. The van der Waals surface area contributed by atoms with Crippen molar-refractivity contribution in [3.8, 4) is 5.75 Å². The topological polar surface area (TPSA) is 61.9 Å². The molecule has 6 heteroatoms. The van der Waals surface area contributed by atoms with Crippen LogP contribution in [-0.4, -0.2) is 61.1 Å². The second-order valence-corrected chi connectivity index (χ2v) is 5.20. The average molecular weight is 305 g/mol. The molecule has 0 atom stereocenters. The van der Waals surface area contributed by atoms with Crippen molar-refractivity contribution in [2.45, 2.75) is 13.3 Å². The molecule has 0 aromatic heterocycles. The van der Waals surface area contributed by atoms with Crippen molar-refractivity contribution in [1.29, 1.82) is 0 Å². The zero-order chi connectivity index (χ0) is 15.8. The van der Waals surface area contributed by atoms with Gasteiger partial charge in [-0.25, -0.2) is 4.79 Å². The standard InChI is InChI=1S/C16H23N3O3/c1-2-8-17-16(21)19-11-9-18(10-12-19)15(20)13-22-14-6-4-3-5-7-14/h3-7H,2,8-13H2,1H3,(H,17,21). The highest BCUT2D eigenvalue weighted by atomic mass is 16.5. The number of amides is 3. The lowest BCUT2D eigenvalue weighted by Crippen LogP contribution is -2.54. The van der Waals surface area contributed by atoms with Gasteiger partial charge in [0.05, 0.1) is 0 Å². The second-order valence-electron chi connectivity index (χ2n) is 5.20. The smallest absolute Gasteiger partial charge is 0.317 e. The zero-order valence-electron chi connectivity index (χ0n) is 13.0. The predicted octanol–water partition coefficient (Wildman–Crippen LogP) is 1.33. The molecule has 1 N–H and O–H groups in total. The van der Waals surface area contributed by atoms with Gasteiger partial charge in [0.15, 0.2) is 6.61 Å². The third-order valence-corrected chi connectivity index (χ3v) is 3.55. The molecule has 1 saturated heterocycles. The maximum absolute atomic E-state index is 12.1. The van der Waals surface area contributed by atoms with E-state index in [0.29, 0.717) is 38.5 Å². The van der Waals surface area contributed by atoms with Crippen LogP contribution in [0.1, 0.15) is 13.3 Å². The molecule has 3 amide bonds. The molecule has 1 aliphatic rings. The summed E-state index contributed by atoms with van der Waals surface area (Å²) < 4.78 is 5.46. The second kappa shape index (κ2) is 8.26. The summed E-state index contributed by atoms with van der Waals surface area (Å²) >= 11 is 0. The molecule has 1 aromatic rings. The molecule has 0 aliphatic carbocycles. The van der Waals surface area contributed by atoms with E-state index in [1.54, 1.807) is 9.80 Å². The number of carbonyl (C=O) groups excluding carboxylic acids is 2. The molecule has 0 saturated carbocycles. The molecule has 6 nitrogen and oxygen atoms in total. The molecular weight excluding hydrogens is 282 g/mol. The van der Waals surface area contributed by atoms with Crippen LogP contribution in [0, 0.1) is 0 Å². The Bertz CT molecular complexity index is 485. The first-order valence-corrected chi connectivity index (χ1v) is 7.69. The Balaban J connectivity index is 1.72. The number of nitrogens with one attached hydrogen (secondary N) is 1. The average Bonchev–Trinajstić information content (AvgIpc) is 2.58. The Labute approximate surface area is 131 Å². The first-order valence-electron chi connectivity index (χ1n) is 7.69. The van der Waals surface area contributed by atoms with Gasteiger partial charge >= 0.3 is 6.03 Å². The van der Waals surface area contributed by atoms with Crippen molar-refractivity contribution in [3.05, 3.63) is 30.3 Å². The number of rotatable bonds is 5. The molecule has 0 unspecified atom stereocenters. The van der Waals surface area contributed by atoms with Crippen LogP contribution in [-0.2, 0) is 4.79 Å². The van der Waals surface area contributed by atoms with E-state index in [4.69, 9.17) is 4.74 Å². The third-order valence-electron chi connectivity index (χ3n) is 3.55. The van der Waals surface area contributed by atoms with E-state index in [1.807, 2.05) is 37.3 Å². The SMILES string of the molecule is CCCNC(=O)N1CCN(C(=O)COc2ccccc2)CC1. The number of ether oxygens (including phenoxy) is 1. The Morgan fingerprint density at radius 3 is 2.36 bits per heavy atom. The van der Waals surface area contributed by atoms with Gasteiger partial charge in [-0.3, -0.25) is 4.79 Å². The van der Waals surface area contributed by atoms with Crippen LogP contribution in [0.3, 0.4) is 0 Å². The summed E-state index contributed by atoms with van der Waals surface area (Å²) in [5, 5.41) is 2.85. The third kappa shape index (κ3) is 4.65. The fourth-order valence-corrected chi connectivity index (χ4v) is 2.26. The molecule has 1 heterocycles. The van der Waals surface area contributed by atoms with Gasteiger partial charge in [0, 0.05) is 32.7 Å². The summed E-state index contributed by atoms with van der Waals surface area (Å²) in [5.41, 5.74) is 0. The zero-order valence-corrected chi connectivity index (χ0v) is 13.0. The van der Waals surface area contributed by atoms with E-state index in [-0.39, 0.29) is 18.5 Å². The molecular formula is C16H23N3O3. The molecule has 1 aromatic carbocycles. The highest BCUT2D eigenvalue weighted by molar-refractivity contribution is 5.78. The van der Waals surface area contributed by atoms with Crippen molar-refractivity contribution in [1.82, 2.24) is 15.1 Å². The molecule has 0 bridgehead atoms. The Kier molecular flexibility index (Phi) is 6.06. The van der Waals surface area contributed by atoms with Gasteiger partial charge in [0.25, 0.3) is 5.91 Å². The van der Waals surface area contributed by atoms with Gasteiger partial charge in [-0.1, -0.05) is 25.1 Å². The van der Waals surface area contributed by atoms with Gasteiger partial charge in [0.2, 0.25) is 0 Å². The largest absolute Gasteiger partial charge is 0.484 e. The predicted molar refractivity (Wildman–Crippen MR) is 83.8 cm³/mol. The minimum atomic E-state index is -0.0468. The molecule has 120 valence electrons. The molecule has 2 rings (SSSR count). The van der Waals surface area contributed by atoms with Crippen molar-refractivity contribution >= 4 is 11.9 Å². The highest BCUT2D eigenvalue weighted by Crippen LogP contribution is 2.09. The van der Waals surface area contributed by atoms with Crippen LogP contribution in [0.15, 0.2) is 30.3 Å². The van der Waals surface area contributed by atoms with Gasteiger partial charge in [0.1, 0.15) is 5.75 Å². The summed E-state index contributed by atoms with van der Waals surface area (Å²) in [6.45, 7) is 4.96. The lowest BCUT2D eigenvalue weighted by molar-refractivity contribution is -0.134. The van der Waals surface area contributed by atoms with Gasteiger partial charge in [-0.15, -0.1) is 0 Å². The number of urea groups is 1. The summed E-state index contributed by atoms with van der Waals surface area (Å²) in [4.78, 5) is 27.4. The minimum absolute atomic E-state index is 0.0338. The lowest BCUT2D eigenvalue weighted by Gasteiger charge is -2.34. The van der Waals surface area contributed by atoms with Crippen molar-refractivity contribution in [3.63, 3.8) is 0 Å². The summed E-state index contributed by atoms with van der Waals surface area (Å²) in [7, 11) is 0. The van der Waals surface area contributed by atoms with Crippen molar-refractivity contribution < 1.29 is 14.3 Å². The van der Waals surface area contributed by atoms with E-state index < -0.39 is 0 Å². The van der Waals surface area contributed by atoms with Crippen molar-refractivity contribution in [2.75, 3.05) is 39.3 Å². The van der Waals surface area contributed by atoms with Gasteiger partial charge in [-0.05, 0) is 18.6 Å². The molecule has 0 radical (unpaired) electrons. The fraction of sp³-hybridized carbons (Fsp3) is 0.500. The van der Waals surface area contributed by atoms with Crippen LogP contribution < -0.4 is 10.1 Å². The normalized spacial score (nSPS) is 14.6. The van der Waals surface area contributed by atoms with E-state index in [9.17, 15) is 9.59 Å². The van der Waals surface area contributed by atoms with Crippen LogP contribution >= 0.6 is 0 Å². The number of piperazine rings is 1. The molecule has 22 heavy (non-hydrogen) atoms. The quantitative estimate of drug-likeness (QED) is 0.892. The maximum Gasteiger partial charge on any atom is 0.317 e. The number of carbonyl (C=O) groups is 2. The van der Waals surface area contributed by atoms with Crippen LogP contribution in [0.5, 0.6) is 5.75 Å². The number of hydrogen-bond acceptors (Lipinski definition) is 3. The summed E-state index contributed by atoms with van der Waals surface area (Å²) in [6.07, 6.45) is 0.918. The molecule has 1 aliphatic heterocycles. The first kappa shape index (κ1) is 16.1. The molecule has 0 spiro atoms. The lowest BCUT2D eigenvalue weighted by atomic mass is 10.3. The Hall–Kier alpha value is -2.24. The number of benzene rings is 1. The van der Waals surface area contributed by atoms with Crippen LogP contribution in [0.2, 0.25) is 0 Å². The maximum atomic E-state index is 12.1. The first-order chi connectivity index (χ1) is 10.7. The van der Waals surface area contributed by atoms with Crippen molar-refractivity contribution in [2.24, 2.45) is 0 Å². The van der Waals surface area contributed by atoms with Gasteiger partial charge < -0.3 is 19.9 Å². The van der Waals surface area contributed by atoms with E-state index in [2.05, 4.69) is 5.32 Å². The minimum Gasteiger partial charge on any atom is -0.484 e. The van der Waals surface area contributed by atoms with E-state index in [1.165, 1.54) is 0 Å². The summed E-state index contributed by atoms with van der Waals surface area (Å²) in [5.74, 6) is 0.644. The van der Waals surface area contributed by atoms with Gasteiger partial charge in [-0.2, -0.15) is 0 Å². The number of para-hydroxylation sites is 1. The van der Waals surface area contributed by atoms with Crippen LogP contribution in [0.4, 0.5) is 4.79 Å². The number of hydrogen-bond donors (Lipinski definition) is 1. The monoisotopic (exact) mass is 305 g/mol. The Morgan fingerprint density at radius 2 is 1.73 bits per heavy atom. The van der Waals surface area contributed by atoms with Crippen LogP contribution in [0.25, 0.3) is 0 Å². The van der Waals surface area contributed by atoms with E-state index >= 15 is 0 Å². The summed E-state index contributed by atoms with van der Waals surface area (Å²) in [6, 6.07) is 9.24. The fourth-order valence-electron chi connectivity index (χ4n) is 2.26. The Morgan fingerprint density at radius 1 is 1.09 bits per heavy atom.